The molecule has 0 fully saturated rings. The van der Waals surface area contributed by atoms with Crippen LogP contribution in [0.2, 0.25) is 0 Å². The van der Waals surface area contributed by atoms with Crippen LogP contribution in [0.3, 0.4) is 0 Å². The highest BCUT2D eigenvalue weighted by molar-refractivity contribution is 7.17. The molecule has 0 aliphatic carbocycles. The highest BCUT2D eigenvalue weighted by Crippen LogP contribution is 2.43. The monoisotopic (exact) mass is 491 g/mol. The molecule has 5 rings (SSSR count). The molecule has 0 bridgehead atoms. The predicted octanol–water partition coefficient (Wildman–Crippen LogP) is 6.08. The van der Waals surface area contributed by atoms with Crippen LogP contribution >= 0.6 is 11.3 Å². The standard InChI is InChI=1S/C29H21N3O3S/c1-17-7-6-10-21(15-17)24-23(26(34)29(35)32(24)22-13-11-19(16-30)12-14-22)25(33)27-18(2)31-28(36-27)20-8-4-3-5-9-20/h3-15,24,34H,1-2H3. The van der Waals surface area contributed by atoms with Gasteiger partial charge in [-0.2, -0.15) is 5.26 Å². The number of anilines is 1. The number of nitriles is 1. The van der Waals surface area contributed by atoms with Gasteiger partial charge in [-0.1, -0.05) is 60.2 Å². The maximum absolute atomic E-state index is 13.9. The lowest BCUT2D eigenvalue weighted by molar-refractivity contribution is -0.117. The molecule has 1 amide bonds. The number of aliphatic hydroxyl groups excluding tert-OH is 1. The lowest BCUT2D eigenvalue weighted by Crippen LogP contribution is -2.31. The van der Waals surface area contributed by atoms with E-state index in [1.807, 2.05) is 61.5 Å². The number of aliphatic hydroxyl groups is 1. The number of ketones is 1. The van der Waals surface area contributed by atoms with Gasteiger partial charge >= 0.3 is 0 Å². The Morgan fingerprint density at radius 1 is 1.03 bits per heavy atom. The first-order chi connectivity index (χ1) is 17.4. The average molecular weight is 492 g/mol. The van der Waals surface area contributed by atoms with Gasteiger partial charge in [-0.3, -0.25) is 14.5 Å². The van der Waals surface area contributed by atoms with Crippen molar-refractivity contribution in [2.45, 2.75) is 19.9 Å². The highest BCUT2D eigenvalue weighted by atomic mass is 32.1. The highest BCUT2D eigenvalue weighted by Gasteiger charge is 2.45. The quantitative estimate of drug-likeness (QED) is 0.341. The van der Waals surface area contributed by atoms with Crippen molar-refractivity contribution in [3.05, 3.63) is 117 Å². The van der Waals surface area contributed by atoms with E-state index in [-0.39, 0.29) is 5.57 Å². The van der Waals surface area contributed by atoms with Gasteiger partial charge < -0.3 is 5.11 Å². The third-order valence-corrected chi connectivity index (χ3v) is 7.31. The SMILES string of the molecule is Cc1cccc(C2C(C(=O)c3sc(-c4ccccc4)nc3C)=C(O)C(=O)N2c2ccc(C#N)cc2)c1. The van der Waals surface area contributed by atoms with Crippen molar-refractivity contribution in [2.24, 2.45) is 0 Å². The molecular formula is C29H21N3O3S. The fourth-order valence-electron chi connectivity index (χ4n) is 4.39. The Balaban J connectivity index is 1.63. The van der Waals surface area contributed by atoms with Crippen molar-refractivity contribution >= 4 is 28.7 Å². The van der Waals surface area contributed by atoms with Gasteiger partial charge in [0.2, 0.25) is 5.78 Å². The van der Waals surface area contributed by atoms with Gasteiger partial charge in [-0.15, -0.1) is 11.3 Å². The van der Waals surface area contributed by atoms with Crippen molar-refractivity contribution in [2.75, 3.05) is 4.90 Å². The molecule has 2 heterocycles. The van der Waals surface area contributed by atoms with Gasteiger partial charge in [-0.05, 0) is 43.7 Å². The average Bonchev–Trinajstić information content (AvgIpc) is 3.41. The Morgan fingerprint density at radius 3 is 2.42 bits per heavy atom. The summed E-state index contributed by atoms with van der Waals surface area (Å²) in [6, 6.07) is 24.8. The number of Topliss-reactive ketones (excluding diaryl/α,β-unsaturated/α-hetero) is 1. The largest absolute Gasteiger partial charge is 0.503 e. The molecular weight excluding hydrogens is 470 g/mol. The van der Waals surface area contributed by atoms with Crippen LogP contribution in [0.1, 0.15) is 38.1 Å². The third-order valence-electron chi connectivity index (χ3n) is 6.11. The van der Waals surface area contributed by atoms with E-state index < -0.39 is 23.5 Å². The first-order valence-electron chi connectivity index (χ1n) is 11.3. The molecule has 6 nitrogen and oxygen atoms in total. The van der Waals surface area contributed by atoms with Crippen LogP contribution in [0.25, 0.3) is 10.6 Å². The summed E-state index contributed by atoms with van der Waals surface area (Å²) in [6.45, 7) is 3.68. The molecule has 0 radical (unpaired) electrons. The topological polar surface area (TPSA) is 94.3 Å². The fraction of sp³-hybridized carbons (Fsp3) is 0.103. The Morgan fingerprint density at radius 2 is 1.75 bits per heavy atom. The molecule has 4 aromatic rings. The molecule has 3 aromatic carbocycles. The van der Waals surface area contributed by atoms with E-state index >= 15 is 0 Å². The summed E-state index contributed by atoms with van der Waals surface area (Å²) in [6.07, 6.45) is 0. The van der Waals surface area contributed by atoms with Crippen LogP contribution in [-0.4, -0.2) is 21.8 Å². The molecule has 1 N–H and O–H groups in total. The molecule has 1 atom stereocenters. The summed E-state index contributed by atoms with van der Waals surface area (Å²) in [5, 5.41) is 20.9. The number of amides is 1. The maximum Gasteiger partial charge on any atom is 0.294 e. The van der Waals surface area contributed by atoms with Crippen molar-refractivity contribution in [3.8, 4) is 16.6 Å². The van der Waals surface area contributed by atoms with Crippen LogP contribution in [-0.2, 0) is 4.79 Å². The molecule has 0 saturated carbocycles. The Bertz CT molecular complexity index is 1560. The fourth-order valence-corrected chi connectivity index (χ4v) is 5.42. The lowest BCUT2D eigenvalue weighted by atomic mass is 9.94. The van der Waals surface area contributed by atoms with Gasteiger partial charge in [-0.25, -0.2) is 4.98 Å². The van der Waals surface area contributed by atoms with Crippen LogP contribution in [0.4, 0.5) is 5.69 Å². The van der Waals surface area contributed by atoms with Gasteiger partial charge in [0.05, 0.1) is 33.8 Å². The zero-order valence-electron chi connectivity index (χ0n) is 19.6. The number of nitrogens with zero attached hydrogens (tertiary/aromatic N) is 3. The Hall–Kier alpha value is -4.54. The Kier molecular flexibility index (Phi) is 5.96. The summed E-state index contributed by atoms with van der Waals surface area (Å²) in [5.41, 5.74) is 4.02. The molecule has 1 unspecified atom stereocenters. The van der Waals surface area contributed by atoms with Crippen LogP contribution in [0.5, 0.6) is 0 Å². The zero-order valence-corrected chi connectivity index (χ0v) is 20.4. The third kappa shape index (κ3) is 3.98. The van der Waals surface area contributed by atoms with Crippen LogP contribution in [0, 0.1) is 25.2 Å². The molecule has 0 spiro atoms. The summed E-state index contributed by atoms with van der Waals surface area (Å²) in [5.74, 6) is -1.68. The maximum atomic E-state index is 13.9. The summed E-state index contributed by atoms with van der Waals surface area (Å²) >= 11 is 1.24. The minimum atomic E-state index is -0.834. The summed E-state index contributed by atoms with van der Waals surface area (Å²) in [4.78, 5) is 33.7. The Labute approximate surface area is 212 Å². The molecule has 1 aliphatic heterocycles. The van der Waals surface area contributed by atoms with Gasteiger partial charge in [0.15, 0.2) is 5.76 Å². The van der Waals surface area contributed by atoms with E-state index in [4.69, 9.17) is 0 Å². The first-order valence-corrected chi connectivity index (χ1v) is 12.1. The van der Waals surface area contributed by atoms with Crippen LogP contribution < -0.4 is 4.90 Å². The number of aromatic nitrogens is 1. The molecule has 176 valence electrons. The summed E-state index contributed by atoms with van der Waals surface area (Å²) in [7, 11) is 0. The second-order valence-electron chi connectivity index (χ2n) is 8.54. The number of thiazole rings is 1. The number of rotatable bonds is 5. The number of carbonyl (C=O) groups excluding carboxylic acids is 2. The minimum Gasteiger partial charge on any atom is -0.503 e. The van der Waals surface area contributed by atoms with Gasteiger partial charge in [0.1, 0.15) is 5.01 Å². The van der Waals surface area contributed by atoms with Gasteiger partial charge in [0, 0.05) is 11.3 Å². The smallest absolute Gasteiger partial charge is 0.294 e. The normalized spacial score (nSPS) is 15.3. The number of benzene rings is 3. The van der Waals surface area contributed by atoms with E-state index in [0.29, 0.717) is 32.4 Å². The van der Waals surface area contributed by atoms with E-state index in [0.717, 1.165) is 11.1 Å². The summed E-state index contributed by atoms with van der Waals surface area (Å²) < 4.78 is 0. The van der Waals surface area contributed by atoms with E-state index in [9.17, 15) is 20.0 Å². The second-order valence-corrected chi connectivity index (χ2v) is 9.54. The second kappa shape index (κ2) is 9.25. The zero-order chi connectivity index (χ0) is 25.4. The molecule has 0 saturated heterocycles. The van der Waals surface area contributed by atoms with Crippen molar-refractivity contribution in [1.82, 2.24) is 4.98 Å². The number of aryl methyl sites for hydroxylation is 2. The first kappa shape index (κ1) is 23.2. The molecule has 7 heteroatoms. The van der Waals surface area contributed by atoms with Crippen molar-refractivity contribution < 1.29 is 14.7 Å². The minimum absolute atomic E-state index is 0.0151. The van der Waals surface area contributed by atoms with E-state index in [1.54, 1.807) is 31.2 Å². The molecule has 36 heavy (non-hydrogen) atoms. The van der Waals surface area contributed by atoms with Crippen molar-refractivity contribution in [1.29, 1.82) is 5.26 Å². The number of carbonyl (C=O) groups is 2. The van der Waals surface area contributed by atoms with Crippen LogP contribution in [0.15, 0.2) is 90.2 Å². The van der Waals surface area contributed by atoms with E-state index in [1.165, 1.54) is 16.2 Å². The molecule has 1 aliphatic rings. The van der Waals surface area contributed by atoms with Gasteiger partial charge in [0.25, 0.3) is 5.91 Å². The number of hydrogen-bond donors (Lipinski definition) is 1. The predicted molar refractivity (Wildman–Crippen MR) is 139 cm³/mol. The number of hydrogen-bond acceptors (Lipinski definition) is 6. The van der Waals surface area contributed by atoms with E-state index in [2.05, 4.69) is 11.1 Å². The molecule has 1 aromatic heterocycles. The van der Waals surface area contributed by atoms with Crippen molar-refractivity contribution in [3.63, 3.8) is 0 Å². The lowest BCUT2D eigenvalue weighted by Gasteiger charge is -2.27.